The van der Waals surface area contributed by atoms with Gasteiger partial charge in [0.25, 0.3) is 0 Å². The zero-order chi connectivity index (χ0) is 18.5. The Balaban J connectivity index is 1.52. The second kappa shape index (κ2) is 8.88. The van der Waals surface area contributed by atoms with E-state index in [0.717, 1.165) is 10.9 Å². The summed E-state index contributed by atoms with van der Waals surface area (Å²) in [6.45, 7) is 4.17. The van der Waals surface area contributed by atoms with Gasteiger partial charge in [-0.3, -0.25) is 9.59 Å². The van der Waals surface area contributed by atoms with Crippen molar-refractivity contribution < 1.29 is 14.3 Å². The lowest BCUT2D eigenvalue weighted by Gasteiger charge is -2.34. The molecule has 3 rings (SSSR count). The van der Waals surface area contributed by atoms with E-state index in [2.05, 4.69) is 15.6 Å². The molecule has 0 spiro atoms. The number of piperidine rings is 1. The maximum Gasteiger partial charge on any atom is 0.227 e. The minimum absolute atomic E-state index is 0.0103. The summed E-state index contributed by atoms with van der Waals surface area (Å²) in [4.78, 5) is 31.4. The molecule has 0 saturated carbocycles. The number of nitrogens with one attached hydrogen (secondary N) is 2. The Labute approximate surface area is 158 Å². The number of hydrogen-bond acceptors (Lipinski definition) is 6. The molecule has 2 aliphatic rings. The van der Waals surface area contributed by atoms with Crippen molar-refractivity contribution in [2.75, 3.05) is 45.6 Å². The first kappa shape index (κ1) is 19.2. The van der Waals surface area contributed by atoms with Crippen molar-refractivity contribution in [3.63, 3.8) is 0 Å². The van der Waals surface area contributed by atoms with E-state index in [0.29, 0.717) is 52.4 Å². The molecule has 2 unspecified atom stereocenters. The molecule has 2 amide bonds. The summed E-state index contributed by atoms with van der Waals surface area (Å²) in [7, 11) is 1.94. The van der Waals surface area contributed by atoms with Crippen LogP contribution in [-0.4, -0.2) is 71.9 Å². The minimum Gasteiger partial charge on any atom is -0.378 e. The van der Waals surface area contributed by atoms with Gasteiger partial charge in [-0.1, -0.05) is 11.8 Å². The monoisotopic (exact) mass is 381 g/mol. The average molecular weight is 382 g/mol. The van der Waals surface area contributed by atoms with Crippen LogP contribution in [0, 0.1) is 11.8 Å². The number of ether oxygens (including phenoxy) is 1. The van der Waals surface area contributed by atoms with Gasteiger partial charge >= 0.3 is 0 Å². The van der Waals surface area contributed by atoms with Crippen LogP contribution in [0.15, 0.2) is 11.4 Å². The van der Waals surface area contributed by atoms with E-state index in [4.69, 9.17) is 4.74 Å². The van der Waals surface area contributed by atoms with Crippen LogP contribution in [0.2, 0.25) is 0 Å². The third-order valence-corrected chi connectivity index (χ3v) is 5.81. The molecule has 9 heteroatoms. The van der Waals surface area contributed by atoms with Crippen molar-refractivity contribution >= 4 is 23.6 Å². The number of imidazole rings is 1. The van der Waals surface area contributed by atoms with Gasteiger partial charge < -0.3 is 24.8 Å². The Bertz CT molecular complexity index is 644. The number of hydrogen-bond donors (Lipinski definition) is 2. The molecule has 2 aliphatic heterocycles. The van der Waals surface area contributed by atoms with E-state index in [9.17, 15) is 9.59 Å². The number of morpholine rings is 1. The van der Waals surface area contributed by atoms with E-state index in [1.165, 1.54) is 0 Å². The lowest BCUT2D eigenvalue weighted by Crippen LogP contribution is -2.51. The highest BCUT2D eigenvalue weighted by Crippen LogP contribution is 2.20. The molecule has 0 radical (unpaired) electrons. The predicted molar refractivity (Wildman–Crippen MR) is 98.7 cm³/mol. The Morgan fingerprint density at radius 2 is 2.08 bits per heavy atom. The summed E-state index contributed by atoms with van der Waals surface area (Å²) in [5.41, 5.74) is 0.965. The topological polar surface area (TPSA) is 88.5 Å². The van der Waals surface area contributed by atoms with Gasteiger partial charge in [-0.05, 0) is 12.7 Å². The van der Waals surface area contributed by atoms with Gasteiger partial charge in [0.05, 0.1) is 43.5 Å². The lowest BCUT2D eigenvalue weighted by molar-refractivity contribution is -0.141. The minimum atomic E-state index is -0.188. The first-order valence-corrected chi connectivity index (χ1v) is 10.2. The Kier molecular flexibility index (Phi) is 6.55. The van der Waals surface area contributed by atoms with E-state index < -0.39 is 0 Å². The standard InChI is InChI=1S/C17H27N5O3S/c1-21-14(11-20-17(21)26-2)10-19-15(23)12-7-13(9-18-8-12)16(24)22-3-5-25-6-4-22/h11-13,18H,3-10H2,1-2H3,(H,19,23). The summed E-state index contributed by atoms with van der Waals surface area (Å²) in [5.74, 6) is -0.206. The van der Waals surface area contributed by atoms with Crippen molar-refractivity contribution in [2.24, 2.45) is 18.9 Å². The number of rotatable bonds is 5. The average Bonchev–Trinajstić information content (AvgIpc) is 3.06. The first-order chi connectivity index (χ1) is 12.6. The fourth-order valence-electron chi connectivity index (χ4n) is 3.47. The summed E-state index contributed by atoms with van der Waals surface area (Å²) in [6, 6.07) is 0. The zero-order valence-electron chi connectivity index (χ0n) is 15.4. The molecule has 2 atom stereocenters. The molecular weight excluding hydrogens is 354 g/mol. The molecule has 0 bridgehead atoms. The smallest absolute Gasteiger partial charge is 0.227 e. The molecular formula is C17H27N5O3S. The second-order valence-corrected chi connectivity index (χ2v) is 7.51. The third kappa shape index (κ3) is 4.39. The van der Waals surface area contributed by atoms with Gasteiger partial charge in [0.1, 0.15) is 0 Å². The van der Waals surface area contributed by atoms with Crippen LogP contribution in [0.25, 0.3) is 0 Å². The highest BCUT2D eigenvalue weighted by Gasteiger charge is 2.33. The van der Waals surface area contributed by atoms with Crippen molar-refractivity contribution in [3.05, 3.63) is 11.9 Å². The molecule has 2 N–H and O–H groups in total. The van der Waals surface area contributed by atoms with Crippen LogP contribution < -0.4 is 10.6 Å². The second-order valence-electron chi connectivity index (χ2n) is 6.74. The Morgan fingerprint density at radius 1 is 1.35 bits per heavy atom. The normalized spacial score (nSPS) is 23.7. The van der Waals surface area contributed by atoms with E-state index in [-0.39, 0.29) is 23.7 Å². The molecule has 0 aromatic carbocycles. The molecule has 8 nitrogen and oxygen atoms in total. The number of aromatic nitrogens is 2. The maximum atomic E-state index is 12.7. The maximum absolute atomic E-state index is 12.7. The Morgan fingerprint density at radius 3 is 2.77 bits per heavy atom. The third-order valence-electron chi connectivity index (χ3n) is 5.06. The first-order valence-electron chi connectivity index (χ1n) is 8.99. The number of amides is 2. The van der Waals surface area contributed by atoms with Gasteiger partial charge in [0, 0.05) is 33.2 Å². The van der Waals surface area contributed by atoms with Crippen LogP contribution >= 0.6 is 11.8 Å². The zero-order valence-corrected chi connectivity index (χ0v) is 16.2. The van der Waals surface area contributed by atoms with E-state index in [1.54, 1.807) is 18.0 Å². The van der Waals surface area contributed by atoms with Gasteiger partial charge in [-0.15, -0.1) is 0 Å². The van der Waals surface area contributed by atoms with Crippen LogP contribution in [0.4, 0.5) is 0 Å². The number of thioether (sulfide) groups is 1. The van der Waals surface area contributed by atoms with Crippen molar-refractivity contribution in [1.82, 2.24) is 25.1 Å². The Hall–Kier alpha value is -1.58. The summed E-state index contributed by atoms with van der Waals surface area (Å²) >= 11 is 1.57. The summed E-state index contributed by atoms with van der Waals surface area (Å²) in [6.07, 6.45) is 4.36. The van der Waals surface area contributed by atoms with Crippen LogP contribution in [-0.2, 0) is 27.9 Å². The lowest BCUT2D eigenvalue weighted by atomic mass is 9.88. The van der Waals surface area contributed by atoms with Crippen LogP contribution in [0.5, 0.6) is 0 Å². The molecule has 3 heterocycles. The van der Waals surface area contributed by atoms with Gasteiger partial charge in [0.2, 0.25) is 11.8 Å². The molecule has 144 valence electrons. The fraction of sp³-hybridized carbons (Fsp3) is 0.706. The van der Waals surface area contributed by atoms with Gasteiger partial charge in [0.15, 0.2) is 5.16 Å². The molecule has 1 aromatic heterocycles. The highest BCUT2D eigenvalue weighted by molar-refractivity contribution is 7.98. The summed E-state index contributed by atoms with van der Waals surface area (Å²) < 4.78 is 7.29. The van der Waals surface area contributed by atoms with E-state index >= 15 is 0 Å². The number of carbonyl (C=O) groups is 2. The van der Waals surface area contributed by atoms with Crippen LogP contribution in [0.3, 0.4) is 0 Å². The highest BCUT2D eigenvalue weighted by atomic mass is 32.2. The molecule has 0 aliphatic carbocycles. The van der Waals surface area contributed by atoms with E-state index in [1.807, 2.05) is 22.8 Å². The quantitative estimate of drug-likeness (QED) is 0.690. The molecule has 1 aromatic rings. The molecule has 2 saturated heterocycles. The summed E-state index contributed by atoms with van der Waals surface area (Å²) in [5, 5.41) is 7.16. The number of carbonyl (C=O) groups excluding carboxylic acids is 2. The van der Waals surface area contributed by atoms with Crippen LogP contribution in [0.1, 0.15) is 12.1 Å². The SMILES string of the molecule is CSc1ncc(CNC(=O)C2CNCC(C(=O)N3CCOCC3)C2)n1C. The van der Waals surface area contributed by atoms with Crippen molar-refractivity contribution in [1.29, 1.82) is 0 Å². The fourth-order valence-corrected chi connectivity index (χ4v) is 4.02. The van der Waals surface area contributed by atoms with Crippen molar-refractivity contribution in [2.45, 2.75) is 18.1 Å². The molecule has 2 fully saturated rings. The van der Waals surface area contributed by atoms with Gasteiger partial charge in [-0.25, -0.2) is 4.98 Å². The predicted octanol–water partition coefficient (Wildman–Crippen LogP) is -0.157. The van der Waals surface area contributed by atoms with Crippen molar-refractivity contribution in [3.8, 4) is 0 Å². The largest absolute Gasteiger partial charge is 0.378 e. The number of nitrogens with zero attached hydrogens (tertiary/aromatic N) is 3. The molecule has 26 heavy (non-hydrogen) atoms. The van der Waals surface area contributed by atoms with Gasteiger partial charge in [-0.2, -0.15) is 0 Å².